The number of nitriles is 1. The summed E-state index contributed by atoms with van der Waals surface area (Å²) in [5.41, 5.74) is 0.853. The second-order valence-electron chi connectivity index (χ2n) is 3.10. The van der Waals surface area contributed by atoms with E-state index in [4.69, 9.17) is 9.68 Å². The smallest absolute Gasteiger partial charge is 0.336 e. The summed E-state index contributed by atoms with van der Waals surface area (Å²) in [6.45, 7) is 1.82. The lowest BCUT2D eigenvalue weighted by molar-refractivity contribution is 0.503. The number of fused-ring (bicyclic) bond motifs is 1. The van der Waals surface area contributed by atoms with Crippen LogP contribution in [0.15, 0.2) is 33.5 Å². The van der Waals surface area contributed by atoms with Crippen LogP contribution in [-0.2, 0) is 0 Å². The number of hydrogen-bond donors (Lipinski definition) is 0. The lowest BCUT2D eigenvalue weighted by Crippen LogP contribution is -1.97. The van der Waals surface area contributed by atoms with Gasteiger partial charge in [-0.3, -0.25) is 0 Å². The third-order valence-electron chi connectivity index (χ3n) is 2.09. The van der Waals surface area contributed by atoms with Crippen molar-refractivity contribution in [1.82, 2.24) is 0 Å². The molecule has 0 atom stereocenters. The SMILES string of the molecule is Cc1cc(=O)oc2cc(OC#N)ccc12. The summed E-state index contributed by atoms with van der Waals surface area (Å²) >= 11 is 0. The normalized spacial score (nSPS) is 9.87. The monoisotopic (exact) mass is 201 g/mol. The summed E-state index contributed by atoms with van der Waals surface area (Å²) < 4.78 is 9.62. The summed E-state index contributed by atoms with van der Waals surface area (Å²) in [5.74, 6) is 0.360. The van der Waals surface area contributed by atoms with E-state index in [1.165, 1.54) is 12.1 Å². The zero-order valence-corrected chi connectivity index (χ0v) is 7.98. The Morgan fingerprint density at radius 2 is 2.20 bits per heavy atom. The molecule has 0 amide bonds. The Bertz CT molecular complexity index is 607. The maximum absolute atomic E-state index is 11.1. The highest BCUT2D eigenvalue weighted by Crippen LogP contribution is 2.21. The van der Waals surface area contributed by atoms with Crippen LogP contribution in [-0.4, -0.2) is 0 Å². The van der Waals surface area contributed by atoms with Crippen molar-refractivity contribution in [2.75, 3.05) is 0 Å². The first kappa shape index (κ1) is 9.28. The van der Waals surface area contributed by atoms with Crippen molar-refractivity contribution in [3.8, 4) is 12.0 Å². The van der Waals surface area contributed by atoms with Gasteiger partial charge in [0.1, 0.15) is 11.3 Å². The van der Waals surface area contributed by atoms with E-state index in [0.717, 1.165) is 10.9 Å². The fourth-order valence-corrected chi connectivity index (χ4v) is 1.42. The van der Waals surface area contributed by atoms with Gasteiger partial charge >= 0.3 is 5.63 Å². The number of hydrogen-bond acceptors (Lipinski definition) is 4. The average molecular weight is 201 g/mol. The molecule has 0 unspecified atom stereocenters. The quantitative estimate of drug-likeness (QED) is 0.522. The highest BCUT2D eigenvalue weighted by Gasteiger charge is 2.03. The third kappa shape index (κ3) is 1.67. The van der Waals surface area contributed by atoms with E-state index >= 15 is 0 Å². The maximum atomic E-state index is 11.1. The van der Waals surface area contributed by atoms with Gasteiger partial charge in [0.2, 0.25) is 0 Å². The van der Waals surface area contributed by atoms with Crippen LogP contribution in [0.3, 0.4) is 0 Å². The molecule has 1 aromatic carbocycles. The average Bonchev–Trinajstić information content (AvgIpc) is 2.17. The number of aryl methyl sites for hydroxylation is 1. The highest BCUT2D eigenvalue weighted by atomic mass is 16.5. The molecule has 0 fully saturated rings. The first-order chi connectivity index (χ1) is 7.20. The van der Waals surface area contributed by atoms with Crippen molar-refractivity contribution in [3.63, 3.8) is 0 Å². The third-order valence-corrected chi connectivity index (χ3v) is 2.09. The van der Waals surface area contributed by atoms with Crippen molar-refractivity contribution in [2.24, 2.45) is 0 Å². The number of nitrogens with zero attached hydrogens (tertiary/aromatic N) is 1. The van der Waals surface area contributed by atoms with Crippen molar-refractivity contribution >= 4 is 11.0 Å². The fourth-order valence-electron chi connectivity index (χ4n) is 1.42. The molecule has 0 saturated carbocycles. The minimum absolute atomic E-state index is 0.360. The van der Waals surface area contributed by atoms with Gasteiger partial charge in [-0.25, -0.2) is 4.79 Å². The molecule has 1 heterocycles. The number of rotatable bonds is 1. The van der Waals surface area contributed by atoms with Crippen LogP contribution in [0.4, 0.5) is 0 Å². The Morgan fingerprint density at radius 3 is 2.93 bits per heavy atom. The molecule has 4 nitrogen and oxygen atoms in total. The van der Waals surface area contributed by atoms with Crippen LogP contribution >= 0.6 is 0 Å². The van der Waals surface area contributed by atoms with Gasteiger partial charge in [-0.15, -0.1) is 5.26 Å². The summed E-state index contributed by atoms with van der Waals surface area (Å²) in [4.78, 5) is 11.1. The maximum Gasteiger partial charge on any atom is 0.336 e. The molecule has 1 aromatic heterocycles. The van der Waals surface area contributed by atoms with Crippen molar-refractivity contribution < 1.29 is 9.15 Å². The van der Waals surface area contributed by atoms with E-state index in [1.807, 2.05) is 6.92 Å². The van der Waals surface area contributed by atoms with Gasteiger partial charge in [0.25, 0.3) is 6.26 Å². The molecule has 2 rings (SSSR count). The van der Waals surface area contributed by atoms with Crippen LogP contribution in [0.1, 0.15) is 5.56 Å². The lowest BCUT2D eigenvalue weighted by Gasteiger charge is -2.01. The molecule has 4 heteroatoms. The molecule has 15 heavy (non-hydrogen) atoms. The topological polar surface area (TPSA) is 63.2 Å². The second-order valence-corrected chi connectivity index (χ2v) is 3.10. The minimum atomic E-state index is -0.408. The van der Waals surface area contributed by atoms with Crippen LogP contribution in [0.25, 0.3) is 11.0 Å². The largest absolute Gasteiger partial charge is 0.423 e. The Morgan fingerprint density at radius 1 is 1.40 bits per heavy atom. The standard InChI is InChI=1S/C11H7NO3/c1-7-4-11(13)15-10-5-8(14-6-12)2-3-9(7)10/h2-5H,1H3. The predicted octanol–water partition coefficient (Wildman–Crippen LogP) is 1.96. The molecular weight excluding hydrogens is 194 g/mol. The summed E-state index contributed by atoms with van der Waals surface area (Å²) in [7, 11) is 0. The molecule has 0 N–H and O–H groups in total. The van der Waals surface area contributed by atoms with E-state index in [1.54, 1.807) is 18.4 Å². The molecule has 0 aliphatic heterocycles. The van der Waals surface area contributed by atoms with E-state index in [-0.39, 0.29) is 0 Å². The van der Waals surface area contributed by atoms with E-state index in [2.05, 4.69) is 4.74 Å². The summed E-state index contributed by atoms with van der Waals surface area (Å²) in [6.07, 6.45) is 1.56. The summed E-state index contributed by atoms with van der Waals surface area (Å²) in [6, 6.07) is 6.35. The van der Waals surface area contributed by atoms with E-state index < -0.39 is 5.63 Å². The van der Waals surface area contributed by atoms with Gasteiger partial charge in [-0.05, 0) is 24.6 Å². The van der Waals surface area contributed by atoms with Crippen molar-refractivity contribution in [2.45, 2.75) is 6.92 Å². The molecule has 0 spiro atoms. The zero-order valence-electron chi connectivity index (χ0n) is 7.98. The number of benzene rings is 1. The highest BCUT2D eigenvalue weighted by molar-refractivity contribution is 5.81. The molecule has 0 aliphatic rings. The van der Waals surface area contributed by atoms with Gasteiger partial charge in [0.05, 0.1) is 0 Å². The first-order valence-electron chi connectivity index (χ1n) is 4.31. The Kier molecular flexibility index (Phi) is 2.14. The molecule has 0 aliphatic carbocycles. The van der Waals surface area contributed by atoms with Gasteiger partial charge in [-0.2, -0.15) is 0 Å². The van der Waals surface area contributed by atoms with Crippen LogP contribution < -0.4 is 10.4 Å². The zero-order chi connectivity index (χ0) is 10.8. The molecular formula is C11H7NO3. The lowest BCUT2D eigenvalue weighted by atomic mass is 10.1. The fraction of sp³-hybridized carbons (Fsp3) is 0.0909. The van der Waals surface area contributed by atoms with E-state index in [9.17, 15) is 4.79 Å². The number of ether oxygens (including phenoxy) is 1. The molecule has 0 radical (unpaired) electrons. The Balaban J connectivity index is 2.72. The molecule has 0 saturated heterocycles. The van der Waals surface area contributed by atoms with Gasteiger partial charge in [0.15, 0.2) is 0 Å². The predicted molar refractivity (Wildman–Crippen MR) is 53.5 cm³/mol. The first-order valence-corrected chi connectivity index (χ1v) is 4.31. The van der Waals surface area contributed by atoms with Crippen molar-refractivity contribution in [1.29, 1.82) is 5.26 Å². The van der Waals surface area contributed by atoms with Gasteiger partial charge in [-0.1, -0.05) is 0 Å². The minimum Gasteiger partial charge on any atom is -0.423 e. The van der Waals surface area contributed by atoms with Crippen molar-refractivity contribution in [3.05, 3.63) is 40.2 Å². The van der Waals surface area contributed by atoms with Crippen LogP contribution in [0.5, 0.6) is 5.75 Å². The molecule has 0 bridgehead atoms. The van der Waals surface area contributed by atoms with E-state index in [0.29, 0.717) is 11.3 Å². The second kappa shape index (κ2) is 3.46. The summed E-state index contributed by atoms with van der Waals surface area (Å²) in [5, 5.41) is 9.17. The van der Waals surface area contributed by atoms with Gasteiger partial charge < -0.3 is 9.15 Å². The molecule has 2 aromatic rings. The Labute approximate surface area is 85.3 Å². The van der Waals surface area contributed by atoms with Crippen LogP contribution in [0.2, 0.25) is 0 Å². The Hall–Kier alpha value is -2.28. The van der Waals surface area contributed by atoms with Crippen LogP contribution in [0, 0.1) is 18.4 Å². The molecule has 74 valence electrons. The van der Waals surface area contributed by atoms with Gasteiger partial charge in [0, 0.05) is 17.5 Å².